The lowest BCUT2D eigenvalue weighted by Crippen LogP contribution is -2.54. The van der Waals surface area contributed by atoms with Gasteiger partial charge < -0.3 is 31.2 Å². The molecule has 2 fully saturated rings. The molecule has 11 nitrogen and oxygen atoms in total. The molecule has 0 bridgehead atoms. The number of nitrogens with one attached hydrogen (secondary N) is 1. The summed E-state index contributed by atoms with van der Waals surface area (Å²) < 4.78 is 9.60. The van der Waals surface area contributed by atoms with Gasteiger partial charge in [-0.05, 0) is 38.5 Å². The van der Waals surface area contributed by atoms with E-state index in [2.05, 4.69) is 20.0 Å². The van der Waals surface area contributed by atoms with Gasteiger partial charge in [-0.3, -0.25) is 9.59 Å². The summed E-state index contributed by atoms with van der Waals surface area (Å²) in [6.07, 6.45) is 3.66. The number of esters is 1. The van der Waals surface area contributed by atoms with Gasteiger partial charge in [-0.15, -0.1) is 0 Å². The van der Waals surface area contributed by atoms with Gasteiger partial charge in [0.2, 0.25) is 5.91 Å². The van der Waals surface area contributed by atoms with E-state index >= 15 is 0 Å². The minimum absolute atomic E-state index is 0.132. The van der Waals surface area contributed by atoms with E-state index in [4.69, 9.17) is 16.2 Å². The van der Waals surface area contributed by atoms with E-state index in [0.717, 1.165) is 32.1 Å². The van der Waals surface area contributed by atoms with E-state index in [-0.39, 0.29) is 35.7 Å². The van der Waals surface area contributed by atoms with Crippen molar-refractivity contribution in [3.63, 3.8) is 0 Å². The zero-order valence-corrected chi connectivity index (χ0v) is 21.0. The molecule has 0 aromatic rings. The van der Waals surface area contributed by atoms with Crippen LogP contribution in [0.2, 0.25) is 0 Å². The summed E-state index contributed by atoms with van der Waals surface area (Å²) in [4.78, 5) is 47.7. The summed E-state index contributed by atoms with van der Waals surface area (Å²) in [5.74, 6) is -0.425. The smallest absolute Gasteiger partial charge is 0.407 e. The number of ether oxygens (including phenoxy) is 2. The maximum Gasteiger partial charge on any atom is 0.407 e. The number of amides is 2. The Bertz CT molecular complexity index is 799. The fourth-order valence-corrected chi connectivity index (χ4v) is 4.78. The number of nitrogens with two attached hydrogens (primary N) is 2. The van der Waals surface area contributed by atoms with E-state index in [1.54, 1.807) is 11.8 Å². The Kier molecular flexibility index (Phi) is 10.1. The molecule has 1 aliphatic heterocycles. The third kappa shape index (κ3) is 6.83. The van der Waals surface area contributed by atoms with Crippen molar-refractivity contribution in [2.75, 3.05) is 20.8 Å². The van der Waals surface area contributed by atoms with Gasteiger partial charge in [-0.1, -0.05) is 26.7 Å². The van der Waals surface area contributed by atoms with E-state index in [0.29, 0.717) is 24.6 Å². The molecular weight excluding hydrogens is 440 g/mol. The van der Waals surface area contributed by atoms with Crippen LogP contribution < -0.4 is 16.8 Å². The molecular formula is C23H40N6O5. The third-order valence-electron chi connectivity index (χ3n) is 6.59. The Hall–Kier alpha value is -2.85. The van der Waals surface area contributed by atoms with E-state index < -0.39 is 18.3 Å². The normalized spacial score (nSPS) is 25.6. The maximum atomic E-state index is 13.2. The van der Waals surface area contributed by atoms with Crippen LogP contribution in [0.4, 0.5) is 4.79 Å². The van der Waals surface area contributed by atoms with Crippen molar-refractivity contribution in [1.29, 1.82) is 0 Å². The molecule has 1 saturated heterocycles. The van der Waals surface area contributed by atoms with Crippen LogP contribution in [0.5, 0.6) is 0 Å². The molecule has 192 valence electrons. The molecule has 2 amide bonds. The summed E-state index contributed by atoms with van der Waals surface area (Å²) in [5, 5.41) is 2.61. The highest BCUT2D eigenvalue weighted by Gasteiger charge is 2.37. The summed E-state index contributed by atoms with van der Waals surface area (Å²) in [5.41, 5.74) is 12.6. The number of carbonyl (C=O) groups is 3. The van der Waals surface area contributed by atoms with Crippen molar-refractivity contribution in [2.45, 2.75) is 77.5 Å². The number of methoxy groups -OCH3 is 2. The SMILES string of the molecule is COC(=O)N[C@H](C(=O)N1CCC[C@H]1C(N)=NC(C)N=C(N)C1CCCC[C@@H]1C(=O)OC)C(C)C. The van der Waals surface area contributed by atoms with E-state index in [1.807, 2.05) is 13.8 Å². The Morgan fingerprint density at radius 1 is 0.912 bits per heavy atom. The highest BCUT2D eigenvalue weighted by Crippen LogP contribution is 2.31. The number of amidine groups is 2. The number of aliphatic imine (C=N–C) groups is 2. The van der Waals surface area contributed by atoms with Gasteiger partial charge in [-0.2, -0.15) is 0 Å². The van der Waals surface area contributed by atoms with Gasteiger partial charge in [0, 0.05) is 12.5 Å². The molecule has 0 aromatic heterocycles. The predicted molar refractivity (Wildman–Crippen MR) is 129 cm³/mol. The zero-order chi connectivity index (χ0) is 25.4. The Labute approximate surface area is 201 Å². The quantitative estimate of drug-likeness (QED) is 0.269. The summed E-state index contributed by atoms with van der Waals surface area (Å²) in [6.45, 7) is 6.00. The molecule has 5 N–H and O–H groups in total. The van der Waals surface area contributed by atoms with Crippen LogP contribution in [-0.2, 0) is 19.1 Å². The molecule has 2 aliphatic rings. The minimum atomic E-state index is -0.728. The van der Waals surface area contributed by atoms with Gasteiger partial charge in [0.1, 0.15) is 23.9 Å². The lowest BCUT2D eigenvalue weighted by molar-refractivity contribution is -0.147. The first kappa shape index (κ1) is 27.4. The van der Waals surface area contributed by atoms with E-state index in [9.17, 15) is 14.4 Å². The molecule has 2 rings (SSSR count). The summed E-state index contributed by atoms with van der Waals surface area (Å²) in [7, 11) is 2.64. The fraction of sp³-hybridized carbons (Fsp3) is 0.783. The van der Waals surface area contributed by atoms with Gasteiger partial charge in [0.25, 0.3) is 0 Å². The monoisotopic (exact) mass is 480 g/mol. The van der Waals surface area contributed by atoms with Crippen LogP contribution in [0.3, 0.4) is 0 Å². The lowest BCUT2D eigenvalue weighted by Gasteiger charge is -2.31. The van der Waals surface area contributed by atoms with Crippen molar-refractivity contribution in [2.24, 2.45) is 39.2 Å². The predicted octanol–water partition coefficient (Wildman–Crippen LogP) is 1.40. The van der Waals surface area contributed by atoms with Crippen LogP contribution >= 0.6 is 0 Å². The minimum Gasteiger partial charge on any atom is -0.469 e. The molecule has 11 heteroatoms. The molecule has 0 radical (unpaired) electrons. The second kappa shape index (κ2) is 12.6. The number of alkyl carbamates (subject to hydrolysis) is 1. The molecule has 0 aromatic carbocycles. The number of hydrogen-bond donors (Lipinski definition) is 3. The molecule has 1 saturated carbocycles. The Morgan fingerprint density at radius 3 is 2.12 bits per heavy atom. The molecule has 1 aliphatic carbocycles. The second-order valence-corrected chi connectivity index (χ2v) is 9.31. The van der Waals surface area contributed by atoms with Crippen molar-refractivity contribution in [1.82, 2.24) is 10.2 Å². The fourth-order valence-electron chi connectivity index (χ4n) is 4.78. The van der Waals surface area contributed by atoms with Crippen LogP contribution in [0, 0.1) is 17.8 Å². The van der Waals surface area contributed by atoms with Crippen LogP contribution in [-0.4, -0.2) is 73.6 Å². The number of rotatable bonds is 8. The average molecular weight is 481 g/mol. The first-order chi connectivity index (χ1) is 16.1. The molecule has 1 heterocycles. The number of hydrogen-bond acceptors (Lipinski definition) is 7. The topological polar surface area (TPSA) is 162 Å². The van der Waals surface area contributed by atoms with Gasteiger partial charge >= 0.3 is 12.1 Å². The zero-order valence-electron chi connectivity index (χ0n) is 21.0. The van der Waals surface area contributed by atoms with Gasteiger partial charge in [0.15, 0.2) is 0 Å². The Morgan fingerprint density at radius 2 is 1.53 bits per heavy atom. The molecule has 34 heavy (non-hydrogen) atoms. The first-order valence-electron chi connectivity index (χ1n) is 12.0. The highest BCUT2D eigenvalue weighted by atomic mass is 16.5. The summed E-state index contributed by atoms with van der Waals surface area (Å²) >= 11 is 0. The van der Waals surface area contributed by atoms with Crippen LogP contribution in [0.1, 0.15) is 59.3 Å². The van der Waals surface area contributed by atoms with Crippen molar-refractivity contribution >= 4 is 29.6 Å². The first-order valence-corrected chi connectivity index (χ1v) is 12.0. The second-order valence-electron chi connectivity index (χ2n) is 9.31. The highest BCUT2D eigenvalue weighted by molar-refractivity contribution is 5.94. The van der Waals surface area contributed by atoms with Crippen molar-refractivity contribution in [3.05, 3.63) is 0 Å². The van der Waals surface area contributed by atoms with Gasteiger partial charge in [-0.25, -0.2) is 14.8 Å². The Balaban J connectivity index is 2.14. The van der Waals surface area contributed by atoms with Crippen molar-refractivity contribution < 1.29 is 23.9 Å². The lowest BCUT2D eigenvalue weighted by atomic mass is 9.78. The number of likely N-dealkylation sites (tertiary alicyclic amines) is 1. The molecule has 2 unspecified atom stereocenters. The summed E-state index contributed by atoms with van der Waals surface area (Å²) in [6, 6.07) is -1.11. The van der Waals surface area contributed by atoms with Gasteiger partial charge in [0.05, 0.1) is 26.2 Å². The average Bonchev–Trinajstić information content (AvgIpc) is 3.31. The third-order valence-corrected chi connectivity index (χ3v) is 6.59. The van der Waals surface area contributed by atoms with E-state index in [1.165, 1.54) is 14.2 Å². The number of nitrogens with zero attached hydrogens (tertiary/aromatic N) is 3. The molecule has 0 spiro atoms. The number of carbonyl (C=O) groups excluding carboxylic acids is 3. The maximum absolute atomic E-state index is 13.2. The van der Waals surface area contributed by atoms with Crippen LogP contribution in [0.15, 0.2) is 9.98 Å². The molecule has 5 atom stereocenters. The van der Waals surface area contributed by atoms with Crippen molar-refractivity contribution in [3.8, 4) is 0 Å². The largest absolute Gasteiger partial charge is 0.469 e. The van der Waals surface area contributed by atoms with Crippen LogP contribution in [0.25, 0.3) is 0 Å². The standard InChI is InChI=1S/C23H40N6O5/c1-13(2)18(28-23(32)34-5)21(30)29-12-8-11-17(29)20(25)27-14(3)26-19(24)15-9-6-7-10-16(15)22(31)33-4/h13-18H,6-12H2,1-5H3,(H2,24,26)(H2,25,27)(H,28,32)/t14?,15?,16-,17-,18-/m0/s1.